The van der Waals surface area contributed by atoms with Crippen LogP contribution in [0.5, 0.6) is 0 Å². The standard InChI is InChI=1S/C21H26N4O3/c26-18-6-5-17(19(27)24-18)25-11-14-2-1-13(9-16(14)20(25)28)10-23-21(15-3-4-15)7-8-22-12-21/h1-2,9,15,17,22-23H,3-8,10-12H2,(H,24,26,27). The van der Waals surface area contributed by atoms with Crippen LogP contribution in [-0.4, -0.2) is 47.3 Å². The second-order valence-electron chi connectivity index (χ2n) is 8.60. The Morgan fingerprint density at radius 2 is 2.04 bits per heavy atom. The fraction of sp³-hybridized carbons (Fsp3) is 0.571. The van der Waals surface area contributed by atoms with Gasteiger partial charge >= 0.3 is 0 Å². The van der Waals surface area contributed by atoms with E-state index in [1.54, 1.807) is 4.90 Å². The van der Waals surface area contributed by atoms with Crippen LogP contribution in [-0.2, 0) is 22.7 Å². The number of hydrogen-bond donors (Lipinski definition) is 3. The van der Waals surface area contributed by atoms with Crippen molar-refractivity contribution < 1.29 is 14.4 Å². The highest BCUT2D eigenvalue weighted by Gasteiger charge is 2.46. The molecule has 7 heteroatoms. The Hall–Kier alpha value is -2.25. The van der Waals surface area contributed by atoms with E-state index in [1.165, 1.54) is 12.8 Å². The maximum absolute atomic E-state index is 12.9. The molecule has 1 aromatic rings. The van der Waals surface area contributed by atoms with Gasteiger partial charge in [0.1, 0.15) is 6.04 Å². The van der Waals surface area contributed by atoms with Crippen LogP contribution < -0.4 is 16.0 Å². The Morgan fingerprint density at radius 1 is 1.18 bits per heavy atom. The summed E-state index contributed by atoms with van der Waals surface area (Å²) in [6.45, 7) is 3.26. The summed E-state index contributed by atoms with van der Waals surface area (Å²) in [7, 11) is 0. The summed E-state index contributed by atoms with van der Waals surface area (Å²) >= 11 is 0. The molecule has 3 N–H and O–H groups in total. The summed E-state index contributed by atoms with van der Waals surface area (Å²) in [5.41, 5.74) is 2.94. The van der Waals surface area contributed by atoms with Crippen LogP contribution in [0, 0.1) is 5.92 Å². The van der Waals surface area contributed by atoms with E-state index in [4.69, 9.17) is 0 Å². The molecule has 0 spiro atoms. The second kappa shape index (κ2) is 6.67. The first kappa shape index (κ1) is 17.8. The van der Waals surface area contributed by atoms with E-state index in [-0.39, 0.29) is 29.7 Å². The van der Waals surface area contributed by atoms with Crippen LogP contribution in [0.15, 0.2) is 18.2 Å². The number of hydrogen-bond acceptors (Lipinski definition) is 5. The predicted octanol–water partition coefficient (Wildman–Crippen LogP) is 0.679. The van der Waals surface area contributed by atoms with Crippen LogP contribution in [0.3, 0.4) is 0 Å². The van der Waals surface area contributed by atoms with Gasteiger partial charge in [0.25, 0.3) is 5.91 Å². The normalized spacial score (nSPS) is 29.9. The molecule has 0 bridgehead atoms. The number of piperidine rings is 1. The van der Waals surface area contributed by atoms with Crippen LogP contribution in [0.1, 0.15) is 53.6 Å². The molecule has 4 aliphatic rings. The van der Waals surface area contributed by atoms with Crippen molar-refractivity contribution in [2.75, 3.05) is 13.1 Å². The lowest BCUT2D eigenvalue weighted by atomic mass is 9.91. The highest BCUT2D eigenvalue weighted by Crippen LogP contribution is 2.43. The quantitative estimate of drug-likeness (QED) is 0.652. The number of nitrogens with zero attached hydrogens (tertiary/aromatic N) is 1. The monoisotopic (exact) mass is 382 g/mol. The number of carbonyl (C=O) groups is 3. The van der Waals surface area contributed by atoms with Gasteiger partial charge in [0.05, 0.1) is 0 Å². The molecule has 3 aliphatic heterocycles. The molecule has 5 rings (SSSR count). The van der Waals surface area contributed by atoms with E-state index < -0.39 is 6.04 Å². The molecule has 1 aliphatic carbocycles. The molecule has 7 nitrogen and oxygen atoms in total. The molecular weight excluding hydrogens is 356 g/mol. The lowest BCUT2D eigenvalue weighted by molar-refractivity contribution is -0.136. The summed E-state index contributed by atoms with van der Waals surface area (Å²) in [5, 5.41) is 9.61. The minimum atomic E-state index is -0.554. The van der Waals surface area contributed by atoms with Crippen LogP contribution in [0.4, 0.5) is 0 Å². The van der Waals surface area contributed by atoms with Gasteiger partial charge in [0.15, 0.2) is 0 Å². The summed E-state index contributed by atoms with van der Waals surface area (Å²) in [5.74, 6) is 0.0385. The van der Waals surface area contributed by atoms with Crippen molar-refractivity contribution in [2.24, 2.45) is 5.92 Å². The van der Waals surface area contributed by atoms with Gasteiger partial charge in [-0.15, -0.1) is 0 Å². The topological polar surface area (TPSA) is 90.5 Å². The third kappa shape index (κ3) is 3.02. The molecule has 2 atom stereocenters. The Morgan fingerprint density at radius 3 is 2.75 bits per heavy atom. The molecule has 148 valence electrons. The zero-order chi connectivity index (χ0) is 19.3. The number of nitrogens with one attached hydrogen (secondary N) is 3. The summed E-state index contributed by atoms with van der Waals surface area (Å²) < 4.78 is 0. The number of benzene rings is 1. The fourth-order valence-electron chi connectivity index (χ4n) is 4.98. The van der Waals surface area contributed by atoms with Gasteiger partial charge < -0.3 is 15.5 Å². The number of rotatable bonds is 5. The Kier molecular flexibility index (Phi) is 4.25. The number of amides is 3. The van der Waals surface area contributed by atoms with Crippen molar-refractivity contribution in [1.82, 2.24) is 20.9 Å². The third-order valence-electron chi connectivity index (χ3n) is 6.78. The third-order valence-corrected chi connectivity index (χ3v) is 6.78. The van der Waals surface area contributed by atoms with Crippen molar-refractivity contribution in [3.63, 3.8) is 0 Å². The van der Waals surface area contributed by atoms with Gasteiger partial charge in [-0.05, 0) is 55.3 Å². The van der Waals surface area contributed by atoms with Gasteiger partial charge in [-0.1, -0.05) is 12.1 Å². The van der Waals surface area contributed by atoms with Gasteiger partial charge in [-0.25, -0.2) is 0 Å². The highest BCUT2D eigenvalue weighted by atomic mass is 16.2. The Labute approximate surface area is 164 Å². The first-order chi connectivity index (χ1) is 13.6. The van der Waals surface area contributed by atoms with E-state index in [1.807, 2.05) is 12.1 Å². The largest absolute Gasteiger partial charge is 0.322 e. The molecule has 3 fully saturated rings. The smallest absolute Gasteiger partial charge is 0.255 e. The van der Waals surface area contributed by atoms with E-state index in [9.17, 15) is 14.4 Å². The van der Waals surface area contributed by atoms with Gasteiger partial charge in [0, 0.05) is 37.2 Å². The van der Waals surface area contributed by atoms with E-state index in [0.29, 0.717) is 18.5 Å². The van der Waals surface area contributed by atoms with Crippen LogP contribution in [0.25, 0.3) is 0 Å². The lowest BCUT2D eigenvalue weighted by Crippen LogP contribution is -2.52. The second-order valence-corrected chi connectivity index (χ2v) is 8.60. The van der Waals surface area contributed by atoms with Crippen molar-refractivity contribution in [2.45, 2.75) is 56.8 Å². The molecule has 1 saturated carbocycles. The molecular formula is C21H26N4O3. The van der Waals surface area contributed by atoms with Crippen molar-refractivity contribution in [1.29, 1.82) is 0 Å². The Bertz CT molecular complexity index is 842. The minimum Gasteiger partial charge on any atom is -0.322 e. The molecule has 2 unspecified atom stereocenters. The molecule has 1 aromatic carbocycles. The molecule has 3 amide bonds. The molecule has 0 aromatic heterocycles. The maximum Gasteiger partial charge on any atom is 0.255 e. The van der Waals surface area contributed by atoms with E-state index in [0.717, 1.165) is 43.1 Å². The van der Waals surface area contributed by atoms with Gasteiger partial charge in [0.2, 0.25) is 11.8 Å². The van der Waals surface area contributed by atoms with Crippen molar-refractivity contribution in [3.8, 4) is 0 Å². The fourth-order valence-corrected chi connectivity index (χ4v) is 4.98. The summed E-state index contributed by atoms with van der Waals surface area (Å²) in [6.07, 6.45) is 4.44. The molecule has 28 heavy (non-hydrogen) atoms. The Balaban J connectivity index is 1.29. The highest BCUT2D eigenvalue weighted by molar-refractivity contribution is 6.05. The maximum atomic E-state index is 12.9. The van der Waals surface area contributed by atoms with Gasteiger partial charge in [-0.2, -0.15) is 0 Å². The van der Waals surface area contributed by atoms with Crippen LogP contribution in [0.2, 0.25) is 0 Å². The van der Waals surface area contributed by atoms with Crippen LogP contribution >= 0.6 is 0 Å². The summed E-state index contributed by atoms with van der Waals surface area (Å²) in [6, 6.07) is 5.50. The predicted molar refractivity (Wildman–Crippen MR) is 102 cm³/mol. The number of imide groups is 1. The first-order valence-electron chi connectivity index (χ1n) is 10.3. The molecule has 0 radical (unpaired) electrons. The average molecular weight is 382 g/mol. The molecule has 3 heterocycles. The summed E-state index contributed by atoms with van der Waals surface area (Å²) in [4.78, 5) is 38.1. The zero-order valence-electron chi connectivity index (χ0n) is 15.9. The van der Waals surface area contributed by atoms with Gasteiger partial charge in [-0.3, -0.25) is 19.7 Å². The first-order valence-corrected chi connectivity index (χ1v) is 10.3. The lowest BCUT2D eigenvalue weighted by Gasteiger charge is -2.30. The molecule has 2 saturated heterocycles. The number of fused-ring (bicyclic) bond motifs is 1. The van der Waals surface area contributed by atoms with Crippen molar-refractivity contribution >= 4 is 17.7 Å². The van der Waals surface area contributed by atoms with Crippen molar-refractivity contribution in [3.05, 3.63) is 34.9 Å². The average Bonchev–Trinajstić information content (AvgIpc) is 3.36. The minimum absolute atomic E-state index is 0.106. The SMILES string of the molecule is O=C1CCC(N2Cc3ccc(CNC4(C5CC5)CCNC4)cc3C2=O)C(=O)N1. The zero-order valence-corrected chi connectivity index (χ0v) is 15.9. The van der Waals surface area contributed by atoms with E-state index >= 15 is 0 Å². The number of carbonyl (C=O) groups excluding carboxylic acids is 3. The van der Waals surface area contributed by atoms with E-state index in [2.05, 4.69) is 22.0 Å².